The number of benzene rings is 1. The topological polar surface area (TPSA) is 21.3 Å². The first kappa shape index (κ1) is 13.7. The lowest BCUT2D eigenvalue weighted by Gasteiger charge is -2.11. The van der Waals surface area contributed by atoms with Crippen LogP contribution in [0.4, 0.5) is 18.9 Å². The summed E-state index contributed by atoms with van der Waals surface area (Å²) in [5, 5.41) is 3.05. The second kappa shape index (κ2) is 5.80. The van der Waals surface area contributed by atoms with Crippen molar-refractivity contribution in [2.75, 3.05) is 11.9 Å². The second-order valence-corrected chi connectivity index (χ2v) is 4.18. The molecule has 0 unspecified atom stereocenters. The van der Waals surface area contributed by atoms with E-state index in [0.717, 1.165) is 13.0 Å². The average Bonchev–Trinajstić information content (AvgIpc) is 2.14. The van der Waals surface area contributed by atoms with Gasteiger partial charge in [-0.25, -0.2) is 0 Å². The highest BCUT2D eigenvalue weighted by Gasteiger charge is 2.31. The summed E-state index contributed by atoms with van der Waals surface area (Å²) in [4.78, 5) is 0. The van der Waals surface area contributed by atoms with Gasteiger partial charge < -0.3 is 10.1 Å². The highest BCUT2D eigenvalue weighted by Crippen LogP contribution is 2.25. The SMILES string of the molecule is CC(C)CCNc1cccc(OC(F)(F)F)c1. The number of halogens is 3. The molecule has 0 bridgehead atoms. The Morgan fingerprint density at radius 2 is 2.00 bits per heavy atom. The van der Waals surface area contributed by atoms with E-state index in [2.05, 4.69) is 23.9 Å². The molecule has 0 aromatic heterocycles. The van der Waals surface area contributed by atoms with Crippen LogP contribution >= 0.6 is 0 Å². The van der Waals surface area contributed by atoms with Crippen LogP contribution in [-0.2, 0) is 0 Å². The number of anilines is 1. The Morgan fingerprint density at radius 1 is 1.29 bits per heavy atom. The predicted octanol–water partition coefficient (Wildman–Crippen LogP) is 4.04. The Bertz CT molecular complexity index is 350. The van der Waals surface area contributed by atoms with Crippen molar-refractivity contribution in [1.82, 2.24) is 0 Å². The summed E-state index contributed by atoms with van der Waals surface area (Å²) in [5.74, 6) is 0.351. The Kier molecular flexibility index (Phi) is 4.66. The highest BCUT2D eigenvalue weighted by atomic mass is 19.4. The number of alkyl halides is 3. The van der Waals surface area contributed by atoms with Gasteiger partial charge in [0.2, 0.25) is 0 Å². The molecule has 0 heterocycles. The lowest BCUT2D eigenvalue weighted by atomic mass is 10.1. The van der Waals surface area contributed by atoms with Crippen LogP contribution in [0.25, 0.3) is 0 Å². The van der Waals surface area contributed by atoms with Crippen LogP contribution in [0.15, 0.2) is 24.3 Å². The molecule has 0 fully saturated rings. The molecule has 0 atom stereocenters. The van der Waals surface area contributed by atoms with Crippen molar-refractivity contribution < 1.29 is 17.9 Å². The van der Waals surface area contributed by atoms with E-state index in [1.165, 1.54) is 18.2 Å². The summed E-state index contributed by atoms with van der Waals surface area (Å²) in [5.41, 5.74) is 0.632. The minimum atomic E-state index is -4.64. The first-order chi connectivity index (χ1) is 7.87. The monoisotopic (exact) mass is 247 g/mol. The van der Waals surface area contributed by atoms with Gasteiger partial charge in [0.1, 0.15) is 5.75 Å². The van der Waals surface area contributed by atoms with Gasteiger partial charge in [-0.15, -0.1) is 13.2 Å². The summed E-state index contributed by atoms with van der Waals surface area (Å²) in [6.07, 6.45) is -3.68. The van der Waals surface area contributed by atoms with Crippen molar-refractivity contribution in [3.05, 3.63) is 24.3 Å². The van der Waals surface area contributed by atoms with Crippen molar-refractivity contribution >= 4 is 5.69 Å². The minimum absolute atomic E-state index is 0.202. The minimum Gasteiger partial charge on any atom is -0.406 e. The van der Waals surface area contributed by atoms with Crippen LogP contribution < -0.4 is 10.1 Å². The van der Waals surface area contributed by atoms with Crippen LogP contribution in [0.2, 0.25) is 0 Å². The first-order valence-electron chi connectivity index (χ1n) is 5.46. The van der Waals surface area contributed by atoms with Gasteiger partial charge in [0, 0.05) is 18.3 Å². The summed E-state index contributed by atoms with van der Waals surface area (Å²) in [6, 6.07) is 5.86. The lowest BCUT2D eigenvalue weighted by molar-refractivity contribution is -0.274. The fourth-order valence-electron chi connectivity index (χ4n) is 1.31. The maximum atomic E-state index is 12.0. The van der Waals surface area contributed by atoms with Crippen molar-refractivity contribution in [1.29, 1.82) is 0 Å². The first-order valence-corrected chi connectivity index (χ1v) is 5.46. The molecule has 0 aliphatic heterocycles. The lowest BCUT2D eigenvalue weighted by Crippen LogP contribution is -2.17. The standard InChI is InChI=1S/C12H16F3NO/c1-9(2)6-7-16-10-4-3-5-11(8-10)17-12(13,14)15/h3-5,8-9,16H,6-7H2,1-2H3. The zero-order valence-electron chi connectivity index (χ0n) is 9.84. The van der Waals surface area contributed by atoms with E-state index >= 15 is 0 Å². The summed E-state index contributed by atoms with van der Waals surface area (Å²) in [6.45, 7) is 4.91. The molecule has 0 amide bonds. The van der Waals surface area contributed by atoms with Crippen LogP contribution in [0, 0.1) is 5.92 Å². The van der Waals surface area contributed by atoms with E-state index < -0.39 is 6.36 Å². The molecule has 96 valence electrons. The van der Waals surface area contributed by atoms with Gasteiger partial charge in [-0.05, 0) is 24.5 Å². The van der Waals surface area contributed by atoms with Crippen LogP contribution in [0.1, 0.15) is 20.3 Å². The van der Waals surface area contributed by atoms with E-state index in [1.54, 1.807) is 6.07 Å². The fraction of sp³-hybridized carbons (Fsp3) is 0.500. The van der Waals surface area contributed by atoms with Gasteiger partial charge in [-0.3, -0.25) is 0 Å². The van der Waals surface area contributed by atoms with E-state index in [4.69, 9.17) is 0 Å². The Hall–Kier alpha value is -1.39. The summed E-state index contributed by atoms with van der Waals surface area (Å²) >= 11 is 0. The molecule has 1 aromatic rings. The predicted molar refractivity (Wildman–Crippen MR) is 61.1 cm³/mol. The molecule has 0 aliphatic carbocycles. The molecular weight excluding hydrogens is 231 g/mol. The van der Waals surface area contributed by atoms with E-state index in [1.807, 2.05) is 0 Å². The number of ether oxygens (including phenoxy) is 1. The Balaban J connectivity index is 2.54. The molecule has 0 aliphatic rings. The molecule has 0 radical (unpaired) electrons. The Morgan fingerprint density at radius 3 is 2.59 bits per heavy atom. The zero-order chi connectivity index (χ0) is 12.9. The molecule has 1 N–H and O–H groups in total. The third-order valence-corrected chi connectivity index (χ3v) is 2.12. The van der Waals surface area contributed by atoms with Crippen molar-refractivity contribution in [3.63, 3.8) is 0 Å². The van der Waals surface area contributed by atoms with Gasteiger partial charge in [-0.2, -0.15) is 0 Å². The molecule has 0 saturated carbocycles. The van der Waals surface area contributed by atoms with Crippen molar-refractivity contribution in [2.24, 2.45) is 5.92 Å². The van der Waals surface area contributed by atoms with Crippen molar-refractivity contribution in [3.8, 4) is 5.75 Å². The third kappa shape index (κ3) is 6.04. The van der Waals surface area contributed by atoms with Crippen LogP contribution in [0.5, 0.6) is 5.75 Å². The van der Waals surface area contributed by atoms with Gasteiger partial charge in [-0.1, -0.05) is 19.9 Å². The van der Waals surface area contributed by atoms with Crippen LogP contribution in [-0.4, -0.2) is 12.9 Å². The summed E-state index contributed by atoms with van der Waals surface area (Å²) < 4.78 is 39.8. The van der Waals surface area contributed by atoms with Crippen molar-refractivity contribution in [2.45, 2.75) is 26.6 Å². The smallest absolute Gasteiger partial charge is 0.406 e. The third-order valence-electron chi connectivity index (χ3n) is 2.12. The maximum absolute atomic E-state index is 12.0. The molecule has 1 rings (SSSR count). The highest BCUT2D eigenvalue weighted by molar-refractivity contribution is 5.48. The molecule has 0 spiro atoms. The van der Waals surface area contributed by atoms with Crippen LogP contribution in [0.3, 0.4) is 0 Å². The molecule has 5 heteroatoms. The average molecular weight is 247 g/mol. The molecule has 2 nitrogen and oxygen atoms in total. The molecule has 17 heavy (non-hydrogen) atoms. The molecule has 0 saturated heterocycles. The Labute approximate surface area is 98.8 Å². The number of hydrogen-bond donors (Lipinski definition) is 1. The largest absolute Gasteiger partial charge is 0.573 e. The van der Waals surface area contributed by atoms with Gasteiger partial charge in [0.15, 0.2) is 0 Å². The number of nitrogens with one attached hydrogen (secondary N) is 1. The van der Waals surface area contributed by atoms with E-state index in [0.29, 0.717) is 11.6 Å². The molecule has 1 aromatic carbocycles. The van der Waals surface area contributed by atoms with Gasteiger partial charge >= 0.3 is 6.36 Å². The van der Waals surface area contributed by atoms with Gasteiger partial charge in [0.25, 0.3) is 0 Å². The normalized spacial score (nSPS) is 11.6. The summed E-state index contributed by atoms with van der Waals surface area (Å²) in [7, 11) is 0. The fourth-order valence-corrected chi connectivity index (χ4v) is 1.31. The molecular formula is C12H16F3NO. The number of rotatable bonds is 5. The maximum Gasteiger partial charge on any atom is 0.573 e. The van der Waals surface area contributed by atoms with E-state index in [9.17, 15) is 13.2 Å². The zero-order valence-corrected chi connectivity index (χ0v) is 9.84. The quantitative estimate of drug-likeness (QED) is 0.847. The number of hydrogen-bond acceptors (Lipinski definition) is 2. The van der Waals surface area contributed by atoms with Gasteiger partial charge in [0.05, 0.1) is 0 Å². The second-order valence-electron chi connectivity index (χ2n) is 4.18. The van der Waals surface area contributed by atoms with E-state index in [-0.39, 0.29) is 5.75 Å².